The number of rotatable bonds is 4. The molecule has 2 N–H and O–H groups in total. The first-order chi connectivity index (χ1) is 11.0. The van der Waals surface area contributed by atoms with E-state index in [1.165, 1.54) is 18.3 Å². The quantitative estimate of drug-likeness (QED) is 0.789. The number of nitrogens with one attached hydrogen (secondary N) is 2. The van der Waals surface area contributed by atoms with Gasteiger partial charge in [-0.25, -0.2) is 9.78 Å². The van der Waals surface area contributed by atoms with E-state index in [2.05, 4.69) is 20.5 Å². The minimum Gasteiger partial charge on any atom is -0.325 e. The fourth-order valence-electron chi connectivity index (χ4n) is 2.26. The van der Waals surface area contributed by atoms with Crippen molar-refractivity contribution in [3.05, 3.63) is 30.6 Å². The van der Waals surface area contributed by atoms with Gasteiger partial charge in [0.25, 0.3) is 5.91 Å². The number of aromatic amines is 1. The second-order valence-electron chi connectivity index (χ2n) is 5.08. The summed E-state index contributed by atoms with van der Waals surface area (Å²) >= 11 is 0. The highest BCUT2D eigenvalue weighted by molar-refractivity contribution is 6.06. The highest BCUT2D eigenvalue weighted by atomic mass is 16.2. The van der Waals surface area contributed by atoms with Crippen molar-refractivity contribution in [2.75, 3.05) is 25.5 Å². The molecule has 0 unspecified atom stereocenters. The van der Waals surface area contributed by atoms with Crippen molar-refractivity contribution in [2.24, 2.45) is 0 Å². The van der Waals surface area contributed by atoms with Gasteiger partial charge in [-0.15, -0.1) is 0 Å². The fraction of sp³-hybridized carbons (Fsp3) is 0.214. The highest BCUT2D eigenvalue weighted by Gasteiger charge is 2.34. The minimum atomic E-state index is -0.472. The summed E-state index contributed by atoms with van der Waals surface area (Å²) in [4.78, 5) is 41.7. The van der Waals surface area contributed by atoms with E-state index in [0.29, 0.717) is 11.5 Å². The summed E-state index contributed by atoms with van der Waals surface area (Å²) in [5.74, 6) is -0.257. The van der Waals surface area contributed by atoms with E-state index in [4.69, 9.17) is 0 Å². The predicted octanol–water partition coefficient (Wildman–Crippen LogP) is 0.304. The van der Waals surface area contributed by atoms with E-state index in [-0.39, 0.29) is 19.0 Å². The largest absolute Gasteiger partial charge is 0.327 e. The fourth-order valence-corrected chi connectivity index (χ4v) is 2.26. The number of likely N-dealkylation sites (N-methyl/N-ethyl adjacent to an activating group) is 1. The Labute approximate surface area is 131 Å². The molecule has 0 radical (unpaired) electrons. The van der Waals surface area contributed by atoms with Gasteiger partial charge in [-0.1, -0.05) is 12.1 Å². The van der Waals surface area contributed by atoms with Crippen molar-refractivity contribution in [3.63, 3.8) is 0 Å². The topological polar surface area (TPSA) is 111 Å². The molecule has 1 aliphatic rings. The normalized spacial score (nSPS) is 14.5. The van der Waals surface area contributed by atoms with E-state index < -0.39 is 11.9 Å². The first-order valence-corrected chi connectivity index (χ1v) is 6.85. The van der Waals surface area contributed by atoms with E-state index >= 15 is 0 Å². The number of amides is 4. The third-order valence-electron chi connectivity index (χ3n) is 3.37. The number of carbonyl (C=O) groups is 3. The van der Waals surface area contributed by atoms with Crippen LogP contribution in [-0.2, 0) is 9.59 Å². The number of anilines is 1. The Kier molecular flexibility index (Phi) is 3.75. The molecule has 2 aromatic rings. The molecule has 0 atom stereocenters. The smallest absolute Gasteiger partial charge is 0.325 e. The van der Waals surface area contributed by atoms with Crippen LogP contribution >= 0.6 is 0 Å². The van der Waals surface area contributed by atoms with Crippen LogP contribution in [0.5, 0.6) is 0 Å². The molecule has 1 saturated heterocycles. The molecule has 9 heteroatoms. The number of urea groups is 1. The second-order valence-corrected chi connectivity index (χ2v) is 5.08. The van der Waals surface area contributed by atoms with Crippen molar-refractivity contribution in [3.8, 4) is 11.4 Å². The maximum Gasteiger partial charge on any atom is 0.327 e. The van der Waals surface area contributed by atoms with Crippen LogP contribution in [0.15, 0.2) is 30.6 Å². The van der Waals surface area contributed by atoms with Gasteiger partial charge in [0.1, 0.15) is 19.4 Å². The molecule has 4 amide bonds. The van der Waals surface area contributed by atoms with Crippen LogP contribution in [0.3, 0.4) is 0 Å². The Morgan fingerprint density at radius 3 is 2.87 bits per heavy atom. The zero-order valence-electron chi connectivity index (χ0n) is 12.3. The third kappa shape index (κ3) is 3.03. The molecule has 0 spiro atoms. The van der Waals surface area contributed by atoms with Gasteiger partial charge in [-0.2, -0.15) is 5.10 Å². The molecule has 1 fully saturated rings. The van der Waals surface area contributed by atoms with Crippen LogP contribution in [0.2, 0.25) is 0 Å². The van der Waals surface area contributed by atoms with Crippen LogP contribution in [0.25, 0.3) is 11.4 Å². The van der Waals surface area contributed by atoms with Crippen LogP contribution < -0.4 is 5.32 Å². The number of hydrogen-bond donors (Lipinski definition) is 2. The number of carbonyl (C=O) groups excluding carboxylic acids is 3. The lowest BCUT2D eigenvalue weighted by Gasteiger charge is -2.14. The molecule has 3 rings (SSSR count). The van der Waals surface area contributed by atoms with Crippen molar-refractivity contribution in [2.45, 2.75) is 0 Å². The number of benzene rings is 1. The Morgan fingerprint density at radius 1 is 1.39 bits per heavy atom. The molecule has 0 aliphatic carbocycles. The van der Waals surface area contributed by atoms with Gasteiger partial charge >= 0.3 is 6.03 Å². The van der Waals surface area contributed by atoms with E-state index in [1.54, 1.807) is 18.2 Å². The molecular formula is C14H14N6O3. The van der Waals surface area contributed by atoms with Gasteiger partial charge in [0.15, 0.2) is 5.82 Å². The number of imide groups is 1. The molecule has 2 heterocycles. The van der Waals surface area contributed by atoms with Gasteiger partial charge in [-0.05, 0) is 12.1 Å². The molecule has 1 aromatic carbocycles. The van der Waals surface area contributed by atoms with E-state index in [1.807, 2.05) is 6.07 Å². The lowest BCUT2D eigenvalue weighted by molar-refractivity contribution is -0.129. The highest BCUT2D eigenvalue weighted by Crippen LogP contribution is 2.18. The van der Waals surface area contributed by atoms with Crippen molar-refractivity contribution >= 4 is 23.5 Å². The molecule has 1 aliphatic heterocycles. The van der Waals surface area contributed by atoms with E-state index in [9.17, 15) is 14.4 Å². The summed E-state index contributed by atoms with van der Waals surface area (Å²) in [6.45, 7) is -0.318. The molecule has 0 bridgehead atoms. The van der Waals surface area contributed by atoms with Crippen molar-refractivity contribution < 1.29 is 14.4 Å². The Hall–Kier alpha value is -3.23. The number of hydrogen-bond acceptors (Lipinski definition) is 5. The van der Waals surface area contributed by atoms with Crippen molar-refractivity contribution in [1.29, 1.82) is 0 Å². The average Bonchev–Trinajstić information content (AvgIpc) is 3.13. The van der Waals surface area contributed by atoms with Gasteiger partial charge < -0.3 is 10.2 Å². The first-order valence-electron chi connectivity index (χ1n) is 6.85. The lowest BCUT2D eigenvalue weighted by Crippen LogP contribution is -2.38. The van der Waals surface area contributed by atoms with Crippen LogP contribution in [0.1, 0.15) is 0 Å². The zero-order chi connectivity index (χ0) is 16.4. The summed E-state index contributed by atoms with van der Waals surface area (Å²) in [5.41, 5.74) is 1.30. The number of nitrogens with zero attached hydrogens (tertiary/aromatic N) is 4. The third-order valence-corrected chi connectivity index (χ3v) is 3.37. The summed E-state index contributed by atoms with van der Waals surface area (Å²) in [7, 11) is 1.51. The van der Waals surface area contributed by atoms with Gasteiger partial charge in [0.05, 0.1) is 0 Å². The maximum atomic E-state index is 12.1. The van der Waals surface area contributed by atoms with Gasteiger partial charge in [0.2, 0.25) is 5.91 Å². The zero-order valence-corrected chi connectivity index (χ0v) is 12.3. The number of H-pyrrole nitrogens is 1. The first kappa shape index (κ1) is 14.7. The Bertz CT molecular complexity index is 758. The van der Waals surface area contributed by atoms with Crippen molar-refractivity contribution in [1.82, 2.24) is 25.0 Å². The Balaban J connectivity index is 1.68. The monoisotopic (exact) mass is 314 g/mol. The van der Waals surface area contributed by atoms with Crippen LogP contribution in [0.4, 0.5) is 10.5 Å². The Morgan fingerprint density at radius 2 is 2.22 bits per heavy atom. The molecule has 0 saturated carbocycles. The standard InChI is InChI=1S/C14H14N6O3/c1-19-7-12(22)20(14(19)23)6-11(21)17-10-4-2-3-9(5-10)13-15-8-16-18-13/h2-5,8H,6-7H2,1H3,(H,17,21)(H,15,16,18). The van der Waals surface area contributed by atoms with E-state index in [0.717, 1.165) is 10.5 Å². The SMILES string of the molecule is CN1CC(=O)N(CC(=O)Nc2cccc(-c3ncn[nH]3)c2)C1=O. The average molecular weight is 314 g/mol. The molecule has 23 heavy (non-hydrogen) atoms. The van der Waals surface area contributed by atoms with Crippen LogP contribution in [-0.4, -0.2) is 63.0 Å². The summed E-state index contributed by atoms with van der Waals surface area (Å²) < 4.78 is 0. The van der Waals surface area contributed by atoms with Gasteiger partial charge in [-0.3, -0.25) is 19.6 Å². The van der Waals surface area contributed by atoms with Gasteiger partial charge in [0, 0.05) is 18.3 Å². The molecular weight excluding hydrogens is 300 g/mol. The summed E-state index contributed by atoms with van der Waals surface area (Å²) in [5, 5.41) is 9.17. The summed E-state index contributed by atoms with van der Waals surface area (Å²) in [6, 6.07) is 6.53. The minimum absolute atomic E-state index is 0.00685. The number of aromatic nitrogens is 3. The second kappa shape index (κ2) is 5.87. The van der Waals surface area contributed by atoms with Crippen LogP contribution in [0, 0.1) is 0 Å². The molecule has 118 valence electrons. The molecule has 1 aromatic heterocycles. The predicted molar refractivity (Wildman–Crippen MR) is 80.2 cm³/mol. The molecule has 9 nitrogen and oxygen atoms in total. The summed E-state index contributed by atoms with van der Waals surface area (Å²) in [6.07, 6.45) is 1.39. The lowest BCUT2D eigenvalue weighted by atomic mass is 10.2. The maximum absolute atomic E-state index is 12.1.